The zero-order chi connectivity index (χ0) is 24.3. The van der Waals surface area contributed by atoms with Gasteiger partial charge in [0.2, 0.25) is 15.9 Å². The summed E-state index contributed by atoms with van der Waals surface area (Å²) in [7, 11) is -4.07. The van der Waals surface area contributed by atoms with E-state index in [4.69, 9.17) is 9.47 Å². The summed E-state index contributed by atoms with van der Waals surface area (Å²) in [6.07, 6.45) is 0.853. The van der Waals surface area contributed by atoms with Crippen LogP contribution in [0, 0.1) is 0 Å². The van der Waals surface area contributed by atoms with E-state index >= 15 is 0 Å². The average molecular weight is 487 g/mol. The number of nitrogens with zero attached hydrogens (tertiary/aromatic N) is 2. The number of carbonyl (C=O) groups is 3. The van der Waals surface area contributed by atoms with E-state index in [1.54, 1.807) is 25.1 Å². The Bertz CT molecular complexity index is 1160. The van der Waals surface area contributed by atoms with E-state index in [0.29, 0.717) is 13.0 Å². The third kappa shape index (κ3) is 4.75. The molecule has 0 aromatic heterocycles. The van der Waals surface area contributed by atoms with Crippen LogP contribution in [0.4, 0.5) is 5.69 Å². The third-order valence-corrected chi connectivity index (χ3v) is 7.75. The Hall–Kier alpha value is -3.08. The lowest BCUT2D eigenvalue weighted by molar-refractivity contribution is -0.122. The van der Waals surface area contributed by atoms with Gasteiger partial charge in [-0.25, -0.2) is 18.1 Å². The Morgan fingerprint density at radius 1 is 1.12 bits per heavy atom. The highest BCUT2D eigenvalue weighted by molar-refractivity contribution is 7.89. The van der Waals surface area contributed by atoms with E-state index in [1.807, 2.05) is 0 Å². The highest BCUT2D eigenvalue weighted by atomic mass is 32.2. The highest BCUT2D eigenvalue weighted by Crippen LogP contribution is 2.31. The lowest BCUT2D eigenvalue weighted by Crippen LogP contribution is -2.48. The largest absolute Gasteiger partial charge is 0.462 e. The van der Waals surface area contributed by atoms with Crippen molar-refractivity contribution in [2.24, 2.45) is 0 Å². The first kappa shape index (κ1) is 24.1. The summed E-state index contributed by atoms with van der Waals surface area (Å²) in [4.78, 5) is 39.2. The molecule has 0 N–H and O–H groups in total. The van der Waals surface area contributed by atoms with Gasteiger partial charge in [-0.05, 0) is 56.2 Å². The number of esters is 1. The number of hydrogen-bond acceptors (Lipinski definition) is 7. The molecule has 180 valence electrons. The predicted octanol–water partition coefficient (Wildman–Crippen LogP) is 2.37. The zero-order valence-electron chi connectivity index (χ0n) is 18.8. The van der Waals surface area contributed by atoms with Crippen LogP contribution in [0.2, 0.25) is 0 Å². The minimum atomic E-state index is -4.07. The molecule has 0 saturated carbocycles. The summed E-state index contributed by atoms with van der Waals surface area (Å²) in [5, 5.41) is 0. The van der Waals surface area contributed by atoms with Gasteiger partial charge in [0.15, 0.2) is 0 Å². The van der Waals surface area contributed by atoms with E-state index in [1.165, 1.54) is 36.4 Å². The Labute approximate surface area is 198 Å². The van der Waals surface area contributed by atoms with E-state index < -0.39 is 33.8 Å². The fraction of sp³-hybridized carbons (Fsp3) is 0.375. The van der Waals surface area contributed by atoms with Crippen LogP contribution in [0.1, 0.15) is 36.5 Å². The summed E-state index contributed by atoms with van der Waals surface area (Å²) >= 11 is 0. The molecule has 2 aliphatic rings. The van der Waals surface area contributed by atoms with Crippen molar-refractivity contribution >= 4 is 33.5 Å². The lowest BCUT2D eigenvalue weighted by Gasteiger charge is -2.28. The number of carbonyl (C=O) groups excluding carboxylic acids is 3. The smallest absolute Gasteiger partial charge is 0.338 e. The molecule has 2 fully saturated rings. The molecule has 0 aliphatic carbocycles. The highest BCUT2D eigenvalue weighted by Gasteiger charge is 2.47. The van der Waals surface area contributed by atoms with Gasteiger partial charge in [0, 0.05) is 13.2 Å². The number of ether oxygens (including phenoxy) is 2. The SMILES string of the molecule is CCOC(=O)c1ccc(N2C(=O)CC(N(CC3CCCO3)S(=O)(=O)c3ccccc3)C2=O)cc1. The first-order valence-corrected chi connectivity index (χ1v) is 12.6. The van der Waals surface area contributed by atoms with Crippen LogP contribution in [-0.4, -0.2) is 62.4 Å². The van der Waals surface area contributed by atoms with Crippen LogP contribution in [0.3, 0.4) is 0 Å². The van der Waals surface area contributed by atoms with E-state index in [9.17, 15) is 22.8 Å². The number of rotatable bonds is 8. The molecule has 2 aliphatic heterocycles. The minimum Gasteiger partial charge on any atom is -0.462 e. The van der Waals surface area contributed by atoms with Crippen molar-refractivity contribution in [3.05, 3.63) is 60.2 Å². The van der Waals surface area contributed by atoms with Crippen LogP contribution < -0.4 is 4.90 Å². The van der Waals surface area contributed by atoms with Crippen molar-refractivity contribution in [1.82, 2.24) is 4.31 Å². The number of amides is 2. The molecule has 34 heavy (non-hydrogen) atoms. The fourth-order valence-electron chi connectivity index (χ4n) is 4.18. The summed E-state index contributed by atoms with van der Waals surface area (Å²) in [5.74, 6) is -1.66. The third-order valence-electron chi connectivity index (χ3n) is 5.86. The Morgan fingerprint density at radius 3 is 2.44 bits per heavy atom. The van der Waals surface area contributed by atoms with E-state index in [2.05, 4.69) is 0 Å². The predicted molar refractivity (Wildman–Crippen MR) is 123 cm³/mol. The summed E-state index contributed by atoms with van der Waals surface area (Å²) < 4.78 is 38.7. The first-order valence-electron chi connectivity index (χ1n) is 11.2. The Balaban J connectivity index is 1.63. The second-order valence-electron chi connectivity index (χ2n) is 8.08. The van der Waals surface area contributed by atoms with Crippen molar-refractivity contribution in [2.75, 3.05) is 24.7 Å². The molecule has 0 bridgehead atoms. The van der Waals surface area contributed by atoms with E-state index in [-0.39, 0.29) is 41.8 Å². The van der Waals surface area contributed by atoms with Crippen molar-refractivity contribution < 1.29 is 32.3 Å². The van der Waals surface area contributed by atoms with Gasteiger partial charge in [-0.2, -0.15) is 4.31 Å². The van der Waals surface area contributed by atoms with Crippen LogP contribution in [0.5, 0.6) is 0 Å². The van der Waals surface area contributed by atoms with E-state index in [0.717, 1.165) is 15.6 Å². The molecule has 2 atom stereocenters. The summed E-state index contributed by atoms with van der Waals surface area (Å²) in [6, 6.07) is 12.5. The lowest BCUT2D eigenvalue weighted by atomic mass is 10.2. The Morgan fingerprint density at radius 2 is 1.82 bits per heavy atom. The standard InChI is InChI=1S/C24H26N2O7S/c1-2-32-24(29)17-10-12-18(13-11-17)26-22(27)15-21(23(26)28)25(16-19-7-6-14-33-19)34(30,31)20-8-4-3-5-9-20/h3-5,8-13,19,21H,2,6-7,14-16H2,1H3. The second kappa shape index (κ2) is 10.0. The molecule has 2 aromatic carbocycles. The molecule has 2 unspecified atom stereocenters. The molecule has 2 aromatic rings. The van der Waals surface area contributed by atoms with Gasteiger partial charge in [0.05, 0.1) is 35.3 Å². The van der Waals surface area contributed by atoms with Crippen LogP contribution in [-0.2, 0) is 29.1 Å². The number of anilines is 1. The molecular weight excluding hydrogens is 460 g/mol. The maximum Gasteiger partial charge on any atom is 0.338 e. The molecule has 2 saturated heterocycles. The number of benzene rings is 2. The molecule has 4 rings (SSSR count). The van der Waals surface area contributed by atoms with Gasteiger partial charge in [-0.3, -0.25) is 9.59 Å². The molecule has 10 heteroatoms. The molecule has 2 amide bonds. The summed E-state index contributed by atoms with van der Waals surface area (Å²) in [5.41, 5.74) is 0.549. The summed E-state index contributed by atoms with van der Waals surface area (Å²) in [6.45, 7) is 2.43. The van der Waals surface area contributed by atoms with Crippen LogP contribution >= 0.6 is 0 Å². The zero-order valence-corrected chi connectivity index (χ0v) is 19.6. The van der Waals surface area contributed by atoms with Gasteiger partial charge in [0.1, 0.15) is 6.04 Å². The van der Waals surface area contributed by atoms with Crippen molar-refractivity contribution in [3.63, 3.8) is 0 Å². The van der Waals surface area contributed by atoms with Crippen LogP contribution in [0.25, 0.3) is 0 Å². The number of imide groups is 1. The van der Waals surface area contributed by atoms with Crippen molar-refractivity contribution in [2.45, 2.75) is 43.2 Å². The first-order chi connectivity index (χ1) is 16.3. The molecule has 0 radical (unpaired) electrons. The topological polar surface area (TPSA) is 110 Å². The maximum absolute atomic E-state index is 13.5. The van der Waals surface area contributed by atoms with Gasteiger partial charge in [-0.1, -0.05) is 18.2 Å². The number of sulfonamides is 1. The molecule has 9 nitrogen and oxygen atoms in total. The van der Waals surface area contributed by atoms with Gasteiger partial charge < -0.3 is 9.47 Å². The number of hydrogen-bond donors (Lipinski definition) is 0. The monoisotopic (exact) mass is 486 g/mol. The molecule has 2 heterocycles. The maximum atomic E-state index is 13.5. The second-order valence-corrected chi connectivity index (χ2v) is 9.97. The van der Waals surface area contributed by atoms with Crippen molar-refractivity contribution in [3.8, 4) is 0 Å². The van der Waals surface area contributed by atoms with Gasteiger partial charge >= 0.3 is 5.97 Å². The van der Waals surface area contributed by atoms with Crippen LogP contribution in [0.15, 0.2) is 59.5 Å². The normalized spacial score (nSPS) is 20.8. The quantitative estimate of drug-likeness (QED) is 0.416. The fourth-order valence-corrected chi connectivity index (χ4v) is 5.82. The molecule has 0 spiro atoms. The molecular formula is C24H26N2O7S. The van der Waals surface area contributed by atoms with Gasteiger partial charge in [0.25, 0.3) is 5.91 Å². The average Bonchev–Trinajstić information content (AvgIpc) is 3.45. The van der Waals surface area contributed by atoms with Crippen molar-refractivity contribution in [1.29, 1.82) is 0 Å². The minimum absolute atomic E-state index is 0.0173. The Kier molecular flexibility index (Phi) is 7.11. The van der Waals surface area contributed by atoms with Gasteiger partial charge in [-0.15, -0.1) is 0 Å².